The maximum atomic E-state index is 13.5. The molecule has 6 heteroatoms. The maximum absolute atomic E-state index is 13.5. The molecule has 5 rings (SSSR count). The maximum Gasteiger partial charge on any atom is 0.162 e. The fraction of sp³-hybridized carbons (Fsp3) is 0.387. The van der Waals surface area contributed by atoms with Gasteiger partial charge in [0.25, 0.3) is 0 Å². The Morgan fingerprint density at radius 2 is 1.57 bits per heavy atom. The smallest absolute Gasteiger partial charge is 0.162 e. The molecule has 0 atom stereocenters. The topological polar surface area (TPSA) is 32.8 Å². The molecule has 2 aliphatic rings. The predicted octanol–water partition coefficient (Wildman–Crippen LogP) is 6.23. The highest BCUT2D eigenvalue weighted by Crippen LogP contribution is 2.28. The quantitative estimate of drug-likeness (QED) is 0.340. The number of halogens is 2. The molecule has 0 bridgehead atoms. The molecule has 2 heterocycles. The van der Waals surface area contributed by atoms with Gasteiger partial charge in [-0.1, -0.05) is 30.3 Å². The van der Waals surface area contributed by atoms with E-state index in [1.54, 1.807) is 0 Å². The molecule has 2 aliphatic heterocycles. The van der Waals surface area contributed by atoms with E-state index in [1.165, 1.54) is 17.7 Å². The molecule has 0 aromatic heterocycles. The molecule has 0 aliphatic carbocycles. The molecule has 0 radical (unpaired) electrons. The zero-order valence-electron chi connectivity index (χ0n) is 21.2. The van der Waals surface area contributed by atoms with Gasteiger partial charge in [0.15, 0.2) is 5.78 Å². The number of likely N-dealkylation sites (tertiary alicyclic amines) is 1. The molecule has 3 aromatic carbocycles. The molecule has 37 heavy (non-hydrogen) atoms. The molecular formula is C31H34F2N2O2. The summed E-state index contributed by atoms with van der Waals surface area (Å²) in [4.78, 5) is 17.7. The Morgan fingerprint density at radius 3 is 2.32 bits per heavy atom. The summed E-state index contributed by atoms with van der Waals surface area (Å²) in [5.74, 6) is 0.486. The minimum atomic E-state index is -0.531. The van der Waals surface area contributed by atoms with E-state index >= 15 is 0 Å². The largest absolute Gasteiger partial charge is 0.492 e. The third-order valence-corrected chi connectivity index (χ3v) is 7.51. The van der Waals surface area contributed by atoms with Gasteiger partial charge in [0.05, 0.1) is 0 Å². The lowest BCUT2D eigenvalue weighted by Crippen LogP contribution is -2.33. The van der Waals surface area contributed by atoms with Crippen LogP contribution in [0.3, 0.4) is 0 Å². The molecular weight excluding hydrogens is 470 g/mol. The van der Waals surface area contributed by atoms with Crippen molar-refractivity contribution in [3.05, 3.63) is 101 Å². The normalized spacial score (nSPS) is 17.1. The van der Waals surface area contributed by atoms with Crippen LogP contribution in [0.4, 0.5) is 8.78 Å². The fourth-order valence-electron chi connectivity index (χ4n) is 5.47. The Hall–Kier alpha value is -3.09. The zero-order valence-corrected chi connectivity index (χ0v) is 21.2. The van der Waals surface area contributed by atoms with Crippen LogP contribution in [-0.2, 0) is 19.6 Å². The van der Waals surface area contributed by atoms with Crippen LogP contribution < -0.4 is 4.74 Å². The Morgan fingerprint density at radius 1 is 0.838 bits per heavy atom. The lowest BCUT2D eigenvalue weighted by atomic mass is 9.90. The first kappa shape index (κ1) is 25.6. The van der Waals surface area contributed by atoms with Crippen LogP contribution in [0.25, 0.3) is 0 Å². The van der Waals surface area contributed by atoms with Crippen molar-refractivity contribution >= 4 is 5.78 Å². The first-order valence-electron chi connectivity index (χ1n) is 13.2. The van der Waals surface area contributed by atoms with Crippen LogP contribution in [0.15, 0.2) is 66.7 Å². The average molecular weight is 505 g/mol. The molecule has 0 unspecified atom stereocenters. The Balaban J connectivity index is 1.12. The first-order valence-corrected chi connectivity index (χ1v) is 13.2. The van der Waals surface area contributed by atoms with E-state index in [1.807, 2.05) is 24.3 Å². The summed E-state index contributed by atoms with van der Waals surface area (Å²) in [6.45, 7) is 5.42. The second kappa shape index (κ2) is 12.0. The van der Waals surface area contributed by atoms with Gasteiger partial charge in [-0.25, -0.2) is 8.78 Å². The van der Waals surface area contributed by atoms with E-state index in [9.17, 15) is 13.6 Å². The van der Waals surface area contributed by atoms with Gasteiger partial charge in [-0.05, 0) is 79.7 Å². The summed E-state index contributed by atoms with van der Waals surface area (Å²) < 4.78 is 32.9. The third-order valence-electron chi connectivity index (χ3n) is 7.51. The summed E-state index contributed by atoms with van der Waals surface area (Å²) in [7, 11) is 0. The number of hydrogen-bond donors (Lipinski definition) is 0. The van der Waals surface area contributed by atoms with Gasteiger partial charge >= 0.3 is 0 Å². The number of carbonyl (C=O) groups excluding carboxylic acids is 1. The van der Waals surface area contributed by atoms with E-state index in [4.69, 9.17) is 4.74 Å². The van der Waals surface area contributed by atoms with E-state index in [2.05, 4.69) is 34.1 Å². The lowest BCUT2D eigenvalue weighted by Gasteiger charge is -2.32. The second-order valence-electron chi connectivity index (χ2n) is 10.3. The van der Waals surface area contributed by atoms with E-state index in [0.717, 1.165) is 74.9 Å². The molecule has 1 fully saturated rings. The number of ketones is 1. The number of Topliss-reactive ketones (excluding diaryl/α,β-unsaturated/α-hetero) is 1. The van der Waals surface area contributed by atoms with Gasteiger partial charge in [0.1, 0.15) is 24.0 Å². The number of carbonyl (C=O) groups is 1. The fourth-order valence-corrected chi connectivity index (χ4v) is 5.47. The lowest BCUT2D eigenvalue weighted by molar-refractivity contribution is 0.0961. The predicted molar refractivity (Wildman–Crippen MR) is 140 cm³/mol. The van der Waals surface area contributed by atoms with Gasteiger partial charge in [0, 0.05) is 49.8 Å². The molecule has 0 saturated carbocycles. The third kappa shape index (κ3) is 7.02. The highest BCUT2D eigenvalue weighted by molar-refractivity contribution is 5.96. The molecule has 0 spiro atoms. The Kier molecular flexibility index (Phi) is 8.27. The van der Waals surface area contributed by atoms with Crippen molar-refractivity contribution < 1.29 is 18.3 Å². The van der Waals surface area contributed by atoms with Gasteiger partial charge < -0.3 is 4.74 Å². The summed E-state index contributed by atoms with van der Waals surface area (Å²) >= 11 is 0. The molecule has 194 valence electrons. The van der Waals surface area contributed by atoms with Crippen LogP contribution in [-0.4, -0.2) is 41.8 Å². The monoisotopic (exact) mass is 504 g/mol. The van der Waals surface area contributed by atoms with E-state index in [0.29, 0.717) is 31.1 Å². The van der Waals surface area contributed by atoms with Crippen molar-refractivity contribution in [3.8, 4) is 5.75 Å². The van der Waals surface area contributed by atoms with Gasteiger partial charge in [-0.2, -0.15) is 0 Å². The molecule has 1 saturated heterocycles. The molecule has 0 amide bonds. The number of piperidine rings is 1. The standard InChI is InChI=1S/C31H34F2N2O2/c32-28-16-25(17-29(33)19-28)21-34-12-10-23(11-13-34)6-8-30(36)26-7-9-31-27(18-26)22-35(14-15-37-31)20-24-4-2-1-3-5-24/h1-5,7,9,16-19,23H,6,8,10-15,20-22H2. The SMILES string of the molecule is O=C(CCC1CCN(Cc2cc(F)cc(F)c2)CC1)c1ccc2c(c1)CN(Cc1ccccc1)CCO2. The average Bonchev–Trinajstić information content (AvgIpc) is 3.09. The van der Waals surface area contributed by atoms with Crippen molar-refractivity contribution in [1.29, 1.82) is 0 Å². The van der Waals surface area contributed by atoms with Crippen LogP contribution in [0.5, 0.6) is 5.75 Å². The van der Waals surface area contributed by atoms with Crippen LogP contribution in [0.1, 0.15) is 52.7 Å². The van der Waals surface area contributed by atoms with Crippen LogP contribution in [0, 0.1) is 17.6 Å². The molecule has 0 N–H and O–H groups in total. The second-order valence-corrected chi connectivity index (χ2v) is 10.3. The summed E-state index contributed by atoms with van der Waals surface area (Å²) in [6.07, 6.45) is 3.40. The summed E-state index contributed by atoms with van der Waals surface area (Å²) in [5.41, 5.74) is 3.77. The zero-order chi connectivity index (χ0) is 25.6. The van der Waals surface area contributed by atoms with Gasteiger partial charge in [-0.15, -0.1) is 0 Å². The van der Waals surface area contributed by atoms with E-state index in [-0.39, 0.29) is 5.78 Å². The minimum absolute atomic E-state index is 0.180. The van der Waals surface area contributed by atoms with Gasteiger partial charge in [0.2, 0.25) is 0 Å². The number of hydrogen-bond acceptors (Lipinski definition) is 4. The number of benzene rings is 3. The number of fused-ring (bicyclic) bond motifs is 1. The van der Waals surface area contributed by atoms with Crippen molar-refractivity contribution in [2.45, 2.75) is 45.3 Å². The minimum Gasteiger partial charge on any atom is -0.492 e. The summed E-state index contributed by atoms with van der Waals surface area (Å²) in [6, 6.07) is 20.0. The van der Waals surface area contributed by atoms with Crippen LogP contribution >= 0.6 is 0 Å². The summed E-state index contributed by atoms with van der Waals surface area (Å²) in [5, 5.41) is 0. The van der Waals surface area contributed by atoms with Crippen molar-refractivity contribution in [2.24, 2.45) is 5.92 Å². The Bertz CT molecular complexity index is 1190. The van der Waals surface area contributed by atoms with Crippen molar-refractivity contribution in [2.75, 3.05) is 26.2 Å². The molecule has 4 nitrogen and oxygen atoms in total. The Labute approximate surface area is 217 Å². The van der Waals surface area contributed by atoms with Crippen molar-refractivity contribution in [1.82, 2.24) is 9.80 Å². The van der Waals surface area contributed by atoms with Crippen molar-refractivity contribution in [3.63, 3.8) is 0 Å². The van der Waals surface area contributed by atoms with Crippen LogP contribution in [0.2, 0.25) is 0 Å². The highest BCUT2D eigenvalue weighted by Gasteiger charge is 2.22. The first-order chi connectivity index (χ1) is 18.0. The van der Waals surface area contributed by atoms with Gasteiger partial charge in [-0.3, -0.25) is 14.6 Å². The van der Waals surface area contributed by atoms with E-state index < -0.39 is 11.6 Å². The number of rotatable bonds is 8. The molecule has 3 aromatic rings. The highest BCUT2D eigenvalue weighted by atomic mass is 19.1. The number of nitrogens with zero attached hydrogens (tertiary/aromatic N) is 2. The number of ether oxygens (including phenoxy) is 1.